The highest BCUT2D eigenvalue weighted by molar-refractivity contribution is 7.87. The number of nitrogens with zero attached hydrogens (tertiary/aromatic N) is 1. The van der Waals surface area contributed by atoms with Crippen molar-refractivity contribution in [3.05, 3.63) is 0 Å². The third kappa shape index (κ3) is 3.90. The predicted molar refractivity (Wildman–Crippen MR) is 61.9 cm³/mol. The third-order valence-corrected chi connectivity index (χ3v) is 3.74. The summed E-state index contributed by atoms with van der Waals surface area (Å²) in [5.41, 5.74) is 7.36. The zero-order chi connectivity index (χ0) is 11.5. The van der Waals surface area contributed by atoms with Gasteiger partial charge in [-0.05, 0) is 31.0 Å². The summed E-state index contributed by atoms with van der Waals surface area (Å²) in [7, 11) is -3.51. The van der Waals surface area contributed by atoms with E-state index in [-0.39, 0.29) is 5.11 Å². The molecule has 8 heteroatoms. The molecule has 1 unspecified atom stereocenters. The van der Waals surface area contributed by atoms with Crippen molar-refractivity contribution in [1.82, 2.24) is 14.6 Å². The number of hydrogen-bond acceptors (Lipinski definition) is 3. The van der Waals surface area contributed by atoms with E-state index in [0.29, 0.717) is 19.0 Å². The second-order valence-corrected chi connectivity index (χ2v) is 5.81. The van der Waals surface area contributed by atoms with E-state index in [1.807, 2.05) is 6.92 Å². The Labute approximate surface area is 95.3 Å². The topological polar surface area (TPSA) is 87.5 Å². The molecule has 0 aromatic rings. The van der Waals surface area contributed by atoms with Crippen molar-refractivity contribution in [2.24, 2.45) is 11.7 Å². The summed E-state index contributed by atoms with van der Waals surface area (Å²) in [6, 6.07) is 0. The van der Waals surface area contributed by atoms with E-state index in [2.05, 4.69) is 22.5 Å². The number of piperidine rings is 1. The molecule has 0 aromatic heterocycles. The molecule has 0 aliphatic carbocycles. The van der Waals surface area contributed by atoms with Crippen molar-refractivity contribution < 1.29 is 8.42 Å². The summed E-state index contributed by atoms with van der Waals surface area (Å²) < 4.78 is 24.7. The van der Waals surface area contributed by atoms with Crippen LogP contribution in [0.1, 0.15) is 19.8 Å². The molecule has 1 saturated heterocycles. The number of hydrogen-bond donors (Lipinski definition) is 3. The molecular formula is C7H16N4O2S2. The second kappa shape index (κ2) is 5.06. The summed E-state index contributed by atoms with van der Waals surface area (Å²) in [5, 5.41) is -0.0939. The van der Waals surface area contributed by atoms with Gasteiger partial charge in [-0.2, -0.15) is 12.7 Å². The Morgan fingerprint density at radius 1 is 1.60 bits per heavy atom. The largest absolute Gasteiger partial charge is 0.375 e. The van der Waals surface area contributed by atoms with Gasteiger partial charge in [0.2, 0.25) is 0 Å². The molecule has 6 nitrogen and oxygen atoms in total. The van der Waals surface area contributed by atoms with Crippen LogP contribution in [0.4, 0.5) is 0 Å². The van der Waals surface area contributed by atoms with Gasteiger partial charge in [0.1, 0.15) is 0 Å². The minimum absolute atomic E-state index is 0.0939. The third-order valence-electron chi connectivity index (χ3n) is 2.26. The van der Waals surface area contributed by atoms with Crippen LogP contribution in [0.2, 0.25) is 0 Å². The average Bonchev–Trinajstić information content (AvgIpc) is 2.15. The Hall–Kier alpha value is -0.440. The minimum Gasteiger partial charge on any atom is -0.375 e. The number of thiocarbonyl (C=S) groups is 1. The summed E-state index contributed by atoms with van der Waals surface area (Å²) in [5.74, 6) is 0.389. The average molecular weight is 252 g/mol. The number of rotatable bonds is 3. The van der Waals surface area contributed by atoms with E-state index in [1.165, 1.54) is 4.31 Å². The van der Waals surface area contributed by atoms with Crippen LogP contribution in [-0.4, -0.2) is 30.9 Å². The molecule has 88 valence electrons. The van der Waals surface area contributed by atoms with Crippen LogP contribution in [0.25, 0.3) is 0 Å². The van der Waals surface area contributed by atoms with Crippen LogP contribution in [-0.2, 0) is 10.2 Å². The van der Waals surface area contributed by atoms with Gasteiger partial charge in [-0.15, -0.1) is 4.83 Å². The summed E-state index contributed by atoms with van der Waals surface area (Å²) in [6.45, 7) is 3.11. The van der Waals surface area contributed by atoms with Gasteiger partial charge >= 0.3 is 0 Å². The lowest BCUT2D eigenvalue weighted by atomic mass is 10.0. The van der Waals surface area contributed by atoms with Crippen LogP contribution in [0.5, 0.6) is 0 Å². The molecule has 0 radical (unpaired) electrons. The summed E-state index contributed by atoms with van der Waals surface area (Å²) >= 11 is 4.51. The van der Waals surface area contributed by atoms with Crippen molar-refractivity contribution in [2.45, 2.75) is 19.8 Å². The summed E-state index contributed by atoms with van der Waals surface area (Å²) in [4.78, 5) is 2.13. The van der Waals surface area contributed by atoms with Crippen LogP contribution in [0.3, 0.4) is 0 Å². The molecule has 1 heterocycles. The first-order chi connectivity index (χ1) is 6.92. The molecule has 1 atom stereocenters. The molecule has 0 spiro atoms. The van der Waals surface area contributed by atoms with Gasteiger partial charge < -0.3 is 5.73 Å². The van der Waals surface area contributed by atoms with E-state index in [0.717, 1.165) is 12.8 Å². The first-order valence-electron chi connectivity index (χ1n) is 4.74. The van der Waals surface area contributed by atoms with Gasteiger partial charge in [0.15, 0.2) is 5.11 Å². The van der Waals surface area contributed by atoms with Gasteiger partial charge in [-0.25, -0.2) is 0 Å². The van der Waals surface area contributed by atoms with Crippen LogP contribution >= 0.6 is 12.2 Å². The van der Waals surface area contributed by atoms with E-state index in [4.69, 9.17) is 5.73 Å². The Bertz CT molecular complexity index is 330. The molecule has 1 aliphatic heterocycles. The van der Waals surface area contributed by atoms with E-state index < -0.39 is 10.2 Å². The number of nitrogens with two attached hydrogens (primary N) is 1. The van der Waals surface area contributed by atoms with E-state index in [9.17, 15) is 8.42 Å². The van der Waals surface area contributed by atoms with Crippen LogP contribution < -0.4 is 16.0 Å². The fraction of sp³-hybridized carbons (Fsp3) is 0.857. The van der Waals surface area contributed by atoms with Crippen molar-refractivity contribution in [3.63, 3.8) is 0 Å². The number of hydrazine groups is 1. The molecule has 0 amide bonds. The van der Waals surface area contributed by atoms with Gasteiger partial charge in [-0.1, -0.05) is 6.92 Å². The van der Waals surface area contributed by atoms with E-state index >= 15 is 0 Å². The fourth-order valence-corrected chi connectivity index (χ4v) is 2.85. The standard InChI is InChI=1S/C7H16N4O2S2/c1-6-3-2-4-11(5-6)15(12,13)10-9-7(8)14/h6,10H,2-5H2,1H3,(H3,8,9,14). The first kappa shape index (κ1) is 12.6. The molecule has 1 fully saturated rings. The lowest BCUT2D eigenvalue weighted by Crippen LogP contribution is -2.52. The van der Waals surface area contributed by atoms with Crippen molar-refractivity contribution in [1.29, 1.82) is 0 Å². The van der Waals surface area contributed by atoms with Crippen molar-refractivity contribution in [2.75, 3.05) is 13.1 Å². The maximum atomic E-state index is 11.7. The minimum atomic E-state index is -3.51. The zero-order valence-electron chi connectivity index (χ0n) is 8.56. The quantitative estimate of drug-likeness (QED) is 0.457. The fourth-order valence-electron chi connectivity index (χ4n) is 1.54. The Morgan fingerprint density at radius 3 is 2.80 bits per heavy atom. The van der Waals surface area contributed by atoms with Crippen LogP contribution in [0, 0.1) is 5.92 Å². The highest BCUT2D eigenvalue weighted by Crippen LogP contribution is 2.17. The monoisotopic (exact) mass is 252 g/mol. The lowest BCUT2D eigenvalue weighted by molar-refractivity contribution is 0.277. The first-order valence-corrected chi connectivity index (χ1v) is 6.59. The predicted octanol–water partition coefficient (Wildman–Crippen LogP) is -0.699. The van der Waals surface area contributed by atoms with E-state index in [1.54, 1.807) is 0 Å². The van der Waals surface area contributed by atoms with Gasteiger partial charge in [-0.3, -0.25) is 5.43 Å². The maximum absolute atomic E-state index is 11.7. The highest BCUT2D eigenvalue weighted by atomic mass is 32.2. The molecule has 0 bridgehead atoms. The van der Waals surface area contributed by atoms with Gasteiger partial charge in [0, 0.05) is 13.1 Å². The maximum Gasteiger partial charge on any atom is 0.296 e. The Morgan fingerprint density at radius 2 is 2.27 bits per heavy atom. The summed E-state index contributed by atoms with van der Waals surface area (Å²) in [6.07, 6.45) is 1.95. The number of nitrogens with one attached hydrogen (secondary N) is 2. The molecule has 15 heavy (non-hydrogen) atoms. The van der Waals surface area contributed by atoms with Gasteiger partial charge in [0.05, 0.1) is 0 Å². The molecule has 1 rings (SSSR count). The molecule has 0 aromatic carbocycles. The van der Waals surface area contributed by atoms with Crippen molar-refractivity contribution in [3.8, 4) is 0 Å². The second-order valence-electron chi connectivity index (χ2n) is 3.70. The highest BCUT2D eigenvalue weighted by Gasteiger charge is 2.26. The van der Waals surface area contributed by atoms with Gasteiger partial charge in [0.25, 0.3) is 10.2 Å². The SMILES string of the molecule is CC1CCCN(S(=O)(=O)NNC(N)=S)C1. The zero-order valence-corrected chi connectivity index (χ0v) is 10.2. The lowest BCUT2D eigenvalue weighted by Gasteiger charge is -2.29. The Kier molecular flexibility index (Phi) is 4.26. The Balaban J connectivity index is 2.56. The molecular weight excluding hydrogens is 236 g/mol. The molecule has 4 N–H and O–H groups in total. The molecule has 1 aliphatic rings. The molecule has 0 saturated carbocycles. The smallest absolute Gasteiger partial charge is 0.296 e. The van der Waals surface area contributed by atoms with Crippen LogP contribution in [0.15, 0.2) is 0 Å². The van der Waals surface area contributed by atoms with Crippen molar-refractivity contribution >= 4 is 27.5 Å². The normalized spacial score (nSPS) is 23.7.